The highest BCUT2D eigenvalue weighted by Gasteiger charge is 2.24. The second-order valence-corrected chi connectivity index (χ2v) is 8.69. The van der Waals surface area contributed by atoms with Crippen LogP contribution in [0.2, 0.25) is 0 Å². The zero-order valence-corrected chi connectivity index (χ0v) is 16.6. The summed E-state index contributed by atoms with van der Waals surface area (Å²) in [5.41, 5.74) is 2.51. The van der Waals surface area contributed by atoms with E-state index in [0.717, 1.165) is 13.0 Å². The van der Waals surface area contributed by atoms with Crippen molar-refractivity contribution in [1.29, 1.82) is 0 Å². The summed E-state index contributed by atoms with van der Waals surface area (Å²) < 4.78 is 33.6. The van der Waals surface area contributed by atoms with Gasteiger partial charge in [-0.2, -0.15) is 0 Å². The van der Waals surface area contributed by atoms with Crippen LogP contribution in [0.15, 0.2) is 51.8 Å². The molecule has 1 N–H and O–H groups in total. The fraction of sp³-hybridized carbons (Fsp3) is 0.333. The molecule has 0 saturated carbocycles. The van der Waals surface area contributed by atoms with Crippen LogP contribution in [0.1, 0.15) is 12.5 Å². The summed E-state index contributed by atoms with van der Waals surface area (Å²) in [5, 5.41) is 0. The molecule has 3 rings (SSSR count). The van der Waals surface area contributed by atoms with E-state index >= 15 is 0 Å². The van der Waals surface area contributed by atoms with Gasteiger partial charge in [-0.1, -0.05) is 18.2 Å². The molecule has 7 heteroatoms. The number of hydrogen-bond donors (Lipinski definition) is 1. The first-order valence-electron chi connectivity index (χ1n) is 8.10. The minimum atomic E-state index is -3.57. The van der Waals surface area contributed by atoms with Gasteiger partial charge in [0, 0.05) is 24.8 Å². The van der Waals surface area contributed by atoms with Gasteiger partial charge in [-0.3, -0.25) is 0 Å². The Balaban J connectivity index is 1.69. The smallest absolute Gasteiger partial charge is 0.240 e. The van der Waals surface area contributed by atoms with E-state index in [0.29, 0.717) is 16.8 Å². The summed E-state index contributed by atoms with van der Waals surface area (Å²) in [4.78, 5) is 2.47. The van der Waals surface area contributed by atoms with Crippen molar-refractivity contribution in [2.24, 2.45) is 0 Å². The first kappa shape index (κ1) is 18.2. The number of nitrogens with one attached hydrogen (secondary N) is 1. The molecule has 2 aromatic rings. The second-order valence-electron chi connectivity index (χ2n) is 6.07. The van der Waals surface area contributed by atoms with Crippen LogP contribution in [0, 0.1) is 0 Å². The number of benzene rings is 2. The standard InChI is InChI=1S/C18H21BrN2O3S/c1-13(21-10-9-14-5-3-4-6-17(14)21)12-20-25(22,23)15-7-8-18(24-2)16(19)11-15/h3-8,11,13,20H,9-10,12H2,1-2H3. The molecule has 2 aromatic carbocycles. The largest absolute Gasteiger partial charge is 0.496 e. The lowest BCUT2D eigenvalue weighted by Crippen LogP contribution is -2.41. The van der Waals surface area contributed by atoms with Crippen LogP contribution in [0.3, 0.4) is 0 Å². The van der Waals surface area contributed by atoms with Gasteiger partial charge >= 0.3 is 0 Å². The monoisotopic (exact) mass is 424 g/mol. The number of fused-ring (bicyclic) bond motifs is 1. The van der Waals surface area contributed by atoms with Crippen molar-refractivity contribution in [2.45, 2.75) is 24.3 Å². The average molecular weight is 425 g/mol. The van der Waals surface area contributed by atoms with E-state index in [9.17, 15) is 8.42 Å². The van der Waals surface area contributed by atoms with Crippen LogP contribution < -0.4 is 14.4 Å². The normalized spacial score (nSPS) is 15.1. The molecular formula is C18H21BrN2O3S. The van der Waals surface area contributed by atoms with E-state index in [2.05, 4.69) is 37.7 Å². The van der Waals surface area contributed by atoms with E-state index < -0.39 is 10.0 Å². The van der Waals surface area contributed by atoms with Gasteiger partial charge in [0.25, 0.3) is 0 Å². The molecule has 1 unspecified atom stereocenters. The van der Waals surface area contributed by atoms with Crippen molar-refractivity contribution in [3.05, 3.63) is 52.5 Å². The summed E-state index contributed by atoms with van der Waals surface area (Å²) >= 11 is 3.33. The van der Waals surface area contributed by atoms with Crippen LogP contribution in [-0.4, -0.2) is 34.7 Å². The Hall–Kier alpha value is -1.57. The average Bonchev–Trinajstić information content (AvgIpc) is 3.04. The van der Waals surface area contributed by atoms with Crippen molar-refractivity contribution in [3.8, 4) is 5.75 Å². The van der Waals surface area contributed by atoms with Gasteiger partial charge in [0.1, 0.15) is 5.75 Å². The van der Waals surface area contributed by atoms with Crippen molar-refractivity contribution in [1.82, 2.24) is 4.72 Å². The molecule has 1 aliphatic rings. The number of hydrogen-bond acceptors (Lipinski definition) is 4. The van der Waals surface area contributed by atoms with Gasteiger partial charge in [-0.05, 0) is 59.1 Å². The van der Waals surface area contributed by atoms with Crippen LogP contribution >= 0.6 is 15.9 Å². The fourth-order valence-electron chi connectivity index (χ4n) is 3.06. The van der Waals surface area contributed by atoms with E-state index in [-0.39, 0.29) is 10.9 Å². The van der Waals surface area contributed by atoms with E-state index in [1.54, 1.807) is 25.3 Å². The quantitative estimate of drug-likeness (QED) is 0.773. The van der Waals surface area contributed by atoms with E-state index in [1.807, 2.05) is 19.1 Å². The number of rotatable bonds is 6. The number of methoxy groups -OCH3 is 1. The highest BCUT2D eigenvalue weighted by Crippen LogP contribution is 2.29. The summed E-state index contributed by atoms with van der Waals surface area (Å²) in [6.07, 6.45) is 0.999. The number of nitrogens with zero attached hydrogens (tertiary/aromatic N) is 1. The van der Waals surface area contributed by atoms with Crippen molar-refractivity contribution in [3.63, 3.8) is 0 Å². The third-order valence-electron chi connectivity index (χ3n) is 4.46. The third-order valence-corrected chi connectivity index (χ3v) is 6.50. The first-order valence-corrected chi connectivity index (χ1v) is 10.4. The molecule has 1 aliphatic heterocycles. The highest BCUT2D eigenvalue weighted by molar-refractivity contribution is 9.10. The molecule has 1 heterocycles. The minimum Gasteiger partial charge on any atom is -0.496 e. The Kier molecular flexibility index (Phi) is 5.36. The highest BCUT2D eigenvalue weighted by atomic mass is 79.9. The molecule has 0 aromatic heterocycles. The molecule has 5 nitrogen and oxygen atoms in total. The molecule has 0 bridgehead atoms. The van der Waals surface area contributed by atoms with Gasteiger partial charge in [0.15, 0.2) is 0 Å². The maximum absolute atomic E-state index is 12.6. The topological polar surface area (TPSA) is 58.6 Å². The van der Waals surface area contributed by atoms with Crippen molar-refractivity contribution >= 4 is 31.6 Å². The maximum Gasteiger partial charge on any atom is 0.240 e. The van der Waals surface area contributed by atoms with Crippen molar-refractivity contribution < 1.29 is 13.2 Å². The van der Waals surface area contributed by atoms with Crippen LogP contribution in [-0.2, 0) is 16.4 Å². The zero-order chi connectivity index (χ0) is 18.0. The number of anilines is 1. The Morgan fingerprint density at radius 1 is 1.28 bits per heavy atom. The molecule has 0 radical (unpaired) electrons. The lowest BCUT2D eigenvalue weighted by atomic mass is 10.2. The fourth-order valence-corrected chi connectivity index (χ4v) is 4.90. The predicted octanol–water partition coefficient (Wildman–Crippen LogP) is 3.19. The van der Waals surface area contributed by atoms with Crippen molar-refractivity contribution in [2.75, 3.05) is 25.1 Å². The van der Waals surface area contributed by atoms with Gasteiger partial charge in [-0.25, -0.2) is 13.1 Å². The molecule has 0 spiro atoms. The molecule has 25 heavy (non-hydrogen) atoms. The second kappa shape index (κ2) is 7.35. The Labute approximate surface area is 157 Å². The molecular weight excluding hydrogens is 404 g/mol. The van der Waals surface area contributed by atoms with E-state index in [4.69, 9.17) is 4.74 Å². The van der Waals surface area contributed by atoms with Gasteiger partial charge in [-0.15, -0.1) is 0 Å². The SMILES string of the molecule is COc1ccc(S(=O)(=O)NCC(C)N2CCc3ccccc32)cc1Br. The Morgan fingerprint density at radius 3 is 2.76 bits per heavy atom. The summed E-state index contributed by atoms with van der Waals surface area (Å²) in [6.45, 7) is 3.30. The van der Waals surface area contributed by atoms with Crippen LogP contribution in [0.4, 0.5) is 5.69 Å². The first-order chi connectivity index (χ1) is 11.9. The lowest BCUT2D eigenvalue weighted by Gasteiger charge is -2.27. The Morgan fingerprint density at radius 2 is 2.04 bits per heavy atom. The molecule has 0 saturated heterocycles. The van der Waals surface area contributed by atoms with E-state index in [1.165, 1.54) is 11.3 Å². The Bertz CT molecular complexity index is 870. The van der Waals surface area contributed by atoms with Gasteiger partial charge in [0.05, 0.1) is 16.5 Å². The molecule has 0 amide bonds. The van der Waals surface area contributed by atoms with Crippen LogP contribution in [0.25, 0.3) is 0 Å². The lowest BCUT2D eigenvalue weighted by molar-refractivity contribution is 0.411. The molecule has 1 atom stereocenters. The molecule has 0 fully saturated rings. The summed E-state index contributed by atoms with van der Waals surface area (Å²) in [7, 11) is -2.03. The number of para-hydroxylation sites is 1. The van der Waals surface area contributed by atoms with Gasteiger partial charge in [0.2, 0.25) is 10.0 Å². The van der Waals surface area contributed by atoms with Crippen LogP contribution in [0.5, 0.6) is 5.75 Å². The third kappa shape index (κ3) is 3.83. The minimum absolute atomic E-state index is 0.0696. The van der Waals surface area contributed by atoms with Gasteiger partial charge < -0.3 is 9.64 Å². The summed E-state index contributed by atoms with van der Waals surface area (Å²) in [6, 6.07) is 13.1. The predicted molar refractivity (Wildman–Crippen MR) is 103 cm³/mol. The molecule has 134 valence electrons. The zero-order valence-electron chi connectivity index (χ0n) is 14.2. The maximum atomic E-state index is 12.6. The summed E-state index contributed by atoms with van der Waals surface area (Å²) in [5.74, 6) is 0.598. The number of halogens is 1. The number of ether oxygens (including phenoxy) is 1. The molecule has 0 aliphatic carbocycles. The number of sulfonamides is 1.